The first kappa shape index (κ1) is 26.4. The Kier molecular flexibility index (Phi) is 7.39. The maximum atomic E-state index is 13.5. The SMILES string of the molecule is CCOc1ccc(C(O)=C2C(=O)C(=O)N(c3nc4ccc(CC)cc4s3)[C@@H]2c2ccc(OC(C)C)cc2)cc1. The molecule has 0 radical (unpaired) electrons. The zero-order chi connectivity index (χ0) is 27.7. The van der Waals surface area contributed by atoms with Crippen LogP contribution in [-0.2, 0) is 16.0 Å². The van der Waals surface area contributed by atoms with Gasteiger partial charge in [0.15, 0.2) is 5.13 Å². The number of nitrogens with zero attached hydrogens (tertiary/aromatic N) is 2. The third-order valence-corrected chi connectivity index (χ3v) is 7.52. The summed E-state index contributed by atoms with van der Waals surface area (Å²) in [5.74, 6) is -0.426. The molecule has 1 N–H and O–H groups in total. The molecule has 1 aliphatic heterocycles. The largest absolute Gasteiger partial charge is 0.507 e. The zero-order valence-electron chi connectivity index (χ0n) is 22.3. The fourth-order valence-corrected chi connectivity index (χ4v) is 5.71. The van der Waals surface area contributed by atoms with E-state index in [1.165, 1.54) is 16.2 Å². The van der Waals surface area contributed by atoms with Gasteiger partial charge in [-0.05, 0) is 86.8 Å². The van der Waals surface area contributed by atoms with Crippen molar-refractivity contribution < 1.29 is 24.2 Å². The lowest BCUT2D eigenvalue weighted by Crippen LogP contribution is -2.29. The molecule has 1 atom stereocenters. The second-order valence-corrected chi connectivity index (χ2v) is 10.5. The van der Waals surface area contributed by atoms with Gasteiger partial charge in [0.25, 0.3) is 5.78 Å². The van der Waals surface area contributed by atoms with Crippen LogP contribution >= 0.6 is 11.3 Å². The highest BCUT2D eigenvalue weighted by molar-refractivity contribution is 7.22. The molecule has 7 nitrogen and oxygen atoms in total. The van der Waals surface area contributed by atoms with Crippen LogP contribution in [0.4, 0.5) is 5.13 Å². The summed E-state index contributed by atoms with van der Waals surface area (Å²) in [5.41, 5.74) is 2.99. The maximum absolute atomic E-state index is 13.5. The van der Waals surface area contributed by atoms with E-state index in [0.29, 0.717) is 34.4 Å². The van der Waals surface area contributed by atoms with Crippen molar-refractivity contribution >= 4 is 44.1 Å². The highest BCUT2D eigenvalue weighted by Crippen LogP contribution is 2.44. The number of fused-ring (bicyclic) bond motifs is 1. The molecule has 1 aliphatic rings. The quantitative estimate of drug-likeness (QED) is 0.152. The standard InChI is InChI=1S/C31H30N2O5S/c1-5-19-7-16-24-25(17-19)39-31(32-24)33-27(20-8-14-23(15-9-20)38-18(3)4)26(29(35)30(33)36)28(34)21-10-12-22(13-11-21)37-6-2/h7-18,27,34H,5-6H2,1-4H3/t27-/m1/s1. The number of carbonyl (C=O) groups is 2. The first-order valence-electron chi connectivity index (χ1n) is 13.0. The number of Topliss-reactive ketones (excluding diaryl/α,β-unsaturated/α-hetero) is 1. The Morgan fingerprint density at radius 1 is 1.00 bits per heavy atom. The molecule has 1 saturated heterocycles. The molecule has 0 unspecified atom stereocenters. The van der Waals surface area contributed by atoms with E-state index in [2.05, 4.69) is 13.0 Å². The Morgan fingerprint density at radius 3 is 2.33 bits per heavy atom. The summed E-state index contributed by atoms with van der Waals surface area (Å²) in [4.78, 5) is 33.2. The average molecular weight is 543 g/mol. The highest BCUT2D eigenvalue weighted by Gasteiger charge is 2.48. The summed E-state index contributed by atoms with van der Waals surface area (Å²) >= 11 is 1.35. The summed E-state index contributed by atoms with van der Waals surface area (Å²) in [5, 5.41) is 11.8. The van der Waals surface area contributed by atoms with Crippen molar-refractivity contribution in [2.75, 3.05) is 11.5 Å². The number of aliphatic hydroxyl groups excluding tert-OH is 1. The normalized spacial score (nSPS) is 16.8. The van der Waals surface area contributed by atoms with Gasteiger partial charge in [-0.15, -0.1) is 0 Å². The maximum Gasteiger partial charge on any atom is 0.301 e. The Bertz CT molecular complexity index is 1550. The topological polar surface area (TPSA) is 89.0 Å². The number of anilines is 1. The second-order valence-electron chi connectivity index (χ2n) is 9.51. The Hall–Kier alpha value is -4.17. The number of amides is 1. The van der Waals surface area contributed by atoms with Crippen LogP contribution in [0.15, 0.2) is 72.3 Å². The van der Waals surface area contributed by atoms with Gasteiger partial charge >= 0.3 is 5.91 Å². The molecule has 4 aromatic rings. The minimum atomic E-state index is -0.865. The molecular weight excluding hydrogens is 512 g/mol. The molecular formula is C31H30N2O5S. The van der Waals surface area contributed by atoms with Crippen LogP contribution < -0.4 is 14.4 Å². The van der Waals surface area contributed by atoms with Gasteiger partial charge in [-0.2, -0.15) is 0 Å². The van der Waals surface area contributed by atoms with Crippen LogP contribution in [0.25, 0.3) is 16.0 Å². The predicted molar refractivity (Wildman–Crippen MR) is 154 cm³/mol. The zero-order valence-corrected chi connectivity index (χ0v) is 23.1. The number of carbonyl (C=O) groups excluding carboxylic acids is 2. The number of hydrogen-bond donors (Lipinski definition) is 1. The molecule has 0 saturated carbocycles. The van der Waals surface area contributed by atoms with Crippen LogP contribution in [0.3, 0.4) is 0 Å². The number of benzene rings is 3. The molecule has 0 bridgehead atoms. The second kappa shape index (κ2) is 10.9. The van der Waals surface area contributed by atoms with Crippen molar-refractivity contribution in [2.45, 2.75) is 46.3 Å². The van der Waals surface area contributed by atoms with Gasteiger partial charge in [-0.1, -0.05) is 36.5 Å². The molecule has 2 heterocycles. The molecule has 3 aromatic carbocycles. The minimum Gasteiger partial charge on any atom is -0.507 e. The minimum absolute atomic E-state index is 0.00287. The Morgan fingerprint density at radius 2 is 1.69 bits per heavy atom. The fraction of sp³-hybridized carbons (Fsp3) is 0.258. The highest BCUT2D eigenvalue weighted by atomic mass is 32.1. The van der Waals surface area contributed by atoms with Gasteiger partial charge in [0.2, 0.25) is 0 Å². The van der Waals surface area contributed by atoms with Crippen molar-refractivity contribution in [1.29, 1.82) is 0 Å². The van der Waals surface area contributed by atoms with E-state index in [9.17, 15) is 14.7 Å². The van der Waals surface area contributed by atoms with Crippen LogP contribution in [-0.4, -0.2) is 34.5 Å². The van der Waals surface area contributed by atoms with E-state index in [-0.39, 0.29) is 17.4 Å². The van der Waals surface area contributed by atoms with Gasteiger partial charge in [0.1, 0.15) is 17.3 Å². The smallest absolute Gasteiger partial charge is 0.301 e. The molecule has 1 amide bonds. The van der Waals surface area contributed by atoms with Crippen LogP contribution in [0.1, 0.15) is 50.4 Å². The van der Waals surface area contributed by atoms with Crippen molar-refractivity contribution in [3.05, 3.63) is 89.0 Å². The molecule has 1 fully saturated rings. The number of thiazole rings is 1. The van der Waals surface area contributed by atoms with Crippen molar-refractivity contribution in [3.63, 3.8) is 0 Å². The first-order chi connectivity index (χ1) is 18.8. The number of ether oxygens (including phenoxy) is 2. The molecule has 39 heavy (non-hydrogen) atoms. The Labute approximate surface area is 231 Å². The molecule has 8 heteroatoms. The molecule has 0 aliphatic carbocycles. The number of ketones is 1. The van der Waals surface area contributed by atoms with Crippen molar-refractivity contribution in [1.82, 2.24) is 4.98 Å². The van der Waals surface area contributed by atoms with E-state index in [4.69, 9.17) is 14.5 Å². The van der Waals surface area contributed by atoms with Crippen LogP contribution in [0, 0.1) is 0 Å². The monoisotopic (exact) mass is 542 g/mol. The molecule has 0 spiro atoms. The van der Waals surface area contributed by atoms with Gasteiger partial charge in [-0.3, -0.25) is 14.5 Å². The number of aromatic nitrogens is 1. The average Bonchev–Trinajstić information content (AvgIpc) is 3.46. The summed E-state index contributed by atoms with van der Waals surface area (Å²) in [6, 6.07) is 19.2. The third kappa shape index (κ3) is 5.12. The molecule has 5 rings (SSSR count). The van der Waals surface area contributed by atoms with E-state index >= 15 is 0 Å². The lowest BCUT2D eigenvalue weighted by Gasteiger charge is -2.23. The third-order valence-electron chi connectivity index (χ3n) is 6.51. The van der Waals surface area contributed by atoms with E-state index in [1.54, 1.807) is 36.4 Å². The van der Waals surface area contributed by atoms with Gasteiger partial charge < -0.3 is 14.6 Å². The Balaban J connectivity index is 1.65. The van der Waals surface area contributed by atoms with Crippen LogP contribution in [0.2, 0.25) is 0 Å². The lowest BCUT2D eigenvalue weighted by atomic mass is 9.95. The molecule has 200 valence electrons. The number of rotatable bonds is 8. The number of aliphatic hydroxyl groups is 1. The lowest BCUT2D eigenvalue weighted by molar-refractivity contribution is -0.132. The summed E-state index contributed by atoms with van der Waals surface area (Å²) < 4.78 is 12.2. The van der Waals surface area contributed by atoms with Gasteiger partial charge in [0, 0.05) is 5.56 Å². The summed E-state index contributed by atoms with van der Waals surface area (Å²) in [6.07, 6.45) is 0.873. The van der Waals surface area contributed by atoms with E-state index in [0.717, 1.165) is 22.2 Å². The summed E-state index contributed by atoms with van der Waals surface area (Å²) in [6.45, 7) is 8.36. The van der Waals surface area contributed by atoms with Gasteiger partial charge in [-0.25, -0.2) is 4.98 Å². The van der Waals surface area contributed by atoms with Crippen molar-refractivity contribution in [2.24, 2.45) is 0 Å². The predicted octanol–water partition coefficient (Wildman–Crippen LogP) is 6.67. The first-order valence-corrected chi connectivity index (χ1v) is 13.8. The number of aryl methyl sites for hydroxylation is 1. The molecule has 1 aromatic heterocycles. The summed E-state index contributed by atoms with van der Waals surface area (Å²) in [7, 11) is 0. The van der Waals surface area contributed by atoms with Gasteiger partial charge in [0.05, 0.1) is 34.5 Å². The fourth-order valence-electron chi connectivity index (χ4n) is 4.66. The van der Waals surface area contributed by atoms with Crippen molar-refractivity contribution in [3.8, 4) is 11.5 Å². The van der Waals surface area contributed by atoms with Crippen LogP contribution in [0.5, 0.6) is 11.5 Å². The van der Waals surface area contributed by atoms with E-state index < -0.39 is 17.7 Å². The van der Waals surface area contributed by atoms with E-state index in [1.807, 2.05) is 45.0 Å². The number of hydrogen-bond acceptors (Lipinski definition) is 7.